The predicted molar refractivity (Wildman–Crippen MR) is 37.2 cm³/mol. The molecule has 0 fully saturated rings. The van der Waals surface area contributed by atoms with Gasteiger partial charge in [0.15, 0.2) is 0 Å². The SMILES string of the molecule is C[C@@H](O)CCC[C@@H](C)O. The second kappa shape index (κ2) is 4.77. The summed E-state index contributed by atoms with van der Waals surface area (Å²) in [7, 11) is 0. The Kier molecular flexibility index (Phi) is 4.72. The van der Waals surface area contributed by atoms with E-state index in [0.29, 0.717) is 0 Å². The minimum absolute atomic E-state index is 0.219. The molecule has 0 rings (SSSR count). The Bertz CT molecular complexity index is 51.9. The largest absolute Gasteiger partial charge is 0.393 e. The molecule has 0 heterocycles. The van der Waals surface area contributed by atoms with Crippen LogP contribution in [-0.2, 0) is 0 Å². The van der Waals surface area contributed by atoms with Gasteiger partial charge in [0.25, 0.3) is 0 Å². The molecule has 0 amide bonds. The van der Waals surface area contributed by atoms with Gasteiger partial charge in [-0.15, -0.1) is 0 Å². The third kappa shape index (κ3) is 7.92. The van der Waals surface area contributed by atoms with Crippen molar-refractivity contribution in [2.24, 2.45) is 0 Å². The smallest absolute Gasteiger partial charge is 0.0512 e. The molecule has 2 atom stereocenters. The summed E-state index contributed by atoms with van der Waals surface area (Å²) in [4.78, 5) is 0. The Balaban J connectivity index is 2.91. The number of hydrogen-bond acceptors (Lipinski definition) is 2. The van der Waals surface area contributed by atoms with E-state index in [1.54, 1.807) is 13.8 Å². The Morgan fingerprint density at radius 3 is 1.56 bits per heavy atom. The molecule has 0 saturated carbocycles. The molecule has 9 heavy (non-hydrogen) atoms. The lowest BCUT2D eigenvalue weighted by Gasteiger charge is -2.04. The van der Waals surface area contributed by atoms with Gasteiger partial charge in [-0.3, -0.25) is 0 Å². The van der Waals surface area contributed by atoms with Gasteiger partial charge in [-0.1, -0.05) is 0 Å². The van der Waals surface area contributed by atoms with Crippen LogP contribution in [0, 0.1) is 0 Å². The van der Waals surface area contributed by atoms with Crippen LogP contribution in [0.1, 0.15) is 33.1 Å². The third-order valence-corrected chi connectivity index (χ3v) is 1.24. The predicted octanol–water partition coefficient (Wildman–Crippen LogP) is 0.918. The first-order chi connectivity index (χ1) is 4.13. The summed E-state index contributed by atoms with van der Waals surface area (Å²) < 4.78 is 0. The standard InChI is InChI=1S/C7H16O2/c1-6(8)4-3-5-7(2)9/h6-9H,3-5H2,1-2H3/t6-,7-/m1/s1. The van der Waals surface area contributed by atoms with E-state index in [4.69, 9.17) is 10.2 Å². The molecule has 0 aliphatic rings. The van der Waals surface area contributed by atoms with E-state index in [9.17, 15) is 0 Å². The van der Waals surface area contributed by atoms with Crippen molar-refractivity contribution in [3.05, 3.63) is 0 Å². The van der Waals surface area contributed by atoms with Crippen molar-refractivity contribution >= 4 is 0 Å². The molecule has 0 aromatic heterocycles. The van der Waals surface area contributed by atoms with Gasteiger partial charge in [-0.2, -0.15) is 0 Å². The summed E-state index contributed by atoms with van der Waals surface area (Å²) in [6.07, 6.45) is 2.07. The fourth-order valence-corrected chi connectivity index (χ4v) is 0.709. The van der Waals surface area contributed by atoms with Crippen LogP contribution in [0.2, 0.25) is 0 Å². The highest BCUT2D eigenvalue weighted by atomic mass is 16.3. The van der Waals surface area contributed by atoms with Gasteiger partial charge >= 0.3 is 0 Å². The normalized spacial score (nSPS) is 17.3. The van der Waals surface area contributed by atoms with Crippen LogP contribution in [0.25, 0.3) is 0 Å². The quantitative estimate of drug-likeness (QED) is 0.597. The average Bonchev–Trinajstić information content (AvgIpc) is 1.63. The monoisotopic (exact) mass is 132 g/mol. The molecule has 0 radical (unpaired) electrons. The molecule has 0 aliphatic carbocycles. The molecule has 0 spiro atoms. The molecular formula is C7H16O2. The summed E-state index contributed by atoms with van der Waals surface area (Å²) in [6, 6.07) is 0. The maximum absolute atomic E-state index is 8.78. The van der Waals surface area contributed by atoms with E-state index in [1.165, 1.54) is 0 Å². The molecule has 0 aromatic carbocycles. The fourth-order valence-electron chi connectivity index (χ4n) is 0.709. The highest BCUT2D eigenvalue weighted by Crippen LogP contribution is 2.02. The number of aliphatic hydroxyl groups excluding tert-OH is 2. The maximum Gasteiger partial charge on any atom is 0.0512 e. The van der Waals surface area contributed by atoms with Crippen LogP contribution >= 0.6 is 0 Å². The van der Waals surface area contributed by atoms with E-state index in [2.05, 4.69) is 0 Å². The first-order valence-corrected chi connectivity index (χ1v) is 3.49. The number of aliphatic hydroxyl groups is 2. The van der Waals surface area contributed by atoms with Crippen molar-refractivity contribution in [1.29, 1.82) is 0 Å². The lowest BCUT2D eigenvalue weighted by molar-refractivity contribution is 0.153. The summed E-state index contributed by atoms with van der Waals surface area (Å²) in [5, 5.41) is 17.6. The van der Waals surface area contributed by atoms with Gasteiger partial charge in [0, 0.05) is 0 Å². The van der Waals surface area contributed by atoms with E-state index >= 15 is 0 Å². The second-order valence-electron chi connectivity index (χ2n) is 2.63. The van der Waals surface area contributed by atoms with Crippen LogP contribution in [0.15, 0.2) is 0 Å². The van der Waals surface area contributed by atoms with Crippen LogP contribution < -0.4 is 0 Å². The first-order valence-electron chi connectivity index (χ1n) is 3.49. The number of hydrogen-bond donors (Lipinski definition) is 2. The molecule has 0 aliphatic heterocycles. The molecule has 0 saturated heterocycles. The van der Waals surface area contributed by atoms with Crippen LogP contribution in [0.5, 0.6) is 0 Å². The Hall–Kier alpha value is -0.0800. The van der Waals surface area contributed by atoms with Gasteiger partial charge < -0.3 is 10.2 Å². The van der Waals surface area contributed by atoms with Gasteiger partial charge in [0.05, 0.1) is 12.2 Å². The second-order valence-corrected chi connectivity index (χ2v) is 2.63. The van der Waals surface area contributed by atoms with Crippen molar-refractivity contribution in [2.45, 2.75) is 45.3 Å². The van der Waals surface area contributed by atoms with E-state index in [1.807, 2.05) is 0 Å². The lowest BCUT2D eigenvalue weighted by Crippen LogP contribution is -2.03. The van der Waals surface area contributed by atoms with Gasteiger partial charge in [-0.25, -0.2) is 0 Å². The fraction of sp³-hybridized carbons (Fsp3) is 1.00. The lowest BCUT2D eigenvalue weighted by atomic mass is 10.1. The average molecular weight is 132 g/mol. The van der Waals surface area contributed by atoms with Crippen molar-refractivity contribution in [2.75, 3.05) is 0 Å². The van der Waals surface area contributed by atoms with Crippen LogP contribution in [-0.4, -0.2) is 22.4 Å². The maximum atomic E-state index is 8.78. The summed E-state index contributed by atoms with van der Waals surface area (Å²) in [5.41, 5.74) is 0. The van der Waals surface area contributed by atoms with Gasteiger partial charge in [0.1, 0.15) is 0 Å². The van der Waals surface area contributed by atoms with E-state index in [0.717, 1.165) is 19.3 Å². The zero-order valence-corrected chi connectivity index (χ0v) is 6.17. The van der Waals surface area contributed by atoms with E-state index < -0.39 is 0 Å². The van der Waals surface area contributed by atoms with Crippen molar-refractivity contribution in [3.8, 4) is 0 Å². The molecular weight excluding hydrogens is 116 g/mol. The molecule has 56 valence electrons. The molecule has 0 aromatic rings. The third-order valence-electron chi connectivity index (χ3n) is 1.24. The van der Waals surface area contributed by atoms with E-state index in [-0.39, 0.29) is 12.2 Å². The highest BCUT2D eigenvalue weighted by molar-refractivity contribution is 4.51. The summed E-state index contributed by atoms with van der Waals surface area (Å²) in [5.74, 6) is 0. The first kappa shape index (κ1) is 8.92. The molecule has 0 unspecified atom stereocenters. The molecule has 0 bridgehead atoms. The Morgan fingerprint density at radius 1 is 1.00 bits per heavy atom. The van der Waals surface area contributed by atoms with Crippen molar-refractivity contribution in [3.63, 3.8) is 0 Å². The summed E-state index contributed by atoms with van der Waals surface area (Å²) >= 11 is 0. The molecule has 2 nitrogen and oxygen atoms in total. The topological polar surface area (TPSA) is 40.5 Å². The highest BCUT2D eigenvalue weighted by Gasteiger charge is 1.97. The van der Waals surface area contributed by atoms with Crippen molar-refractivity contribution < 1.29 is 10.2 Å². The molecule has 2 N–H and O–H groups in total. The zero-order valence-electron chi connectivity index (χ0n) is 6.17. The van der Waals surface area contributed by atoms with Gasteiger partial charge in [0.2, 0.25) is 0 Å². The summed E-state index contributed by atoms with van der Waals surface area (Å²) in [6.45, 7) is 3.53. The Labute approximate surface area is 56.5 Å². The number of rotatable bonds is 4. The zero-order chi connectivity index (χ0) is 7.28. The van der Waals surface area contributed by atoms with Crippen LogP contribution in [0.4, 0.5) is 0 Å². The molecule has 2 heteroatoms. The Morgan fingerprint density at radius 2 is 1.33 bits per heavy atom. The van der Waals surface area contributed by atoms with Crippen molar-refractivity contribution in [1.82, 2.24) is 0 Å². The van der Waals surface area contributed by atoms with Crippen LogP contribution in [0.3, 0.4) is 0 Å². The minimum Gasteiger partial charge on any atom is -0.393 e. The minimum atomic E-state index is -0.219. The van der Waals surface area contributed by atoms with Gasteiger partial charge in [-0.05, 0) is 33.1 Å².